The third-order valence-electron chi connectivity index (χ3n) is 3.81. The van der Waals surface area contributed by atoms with Crippen LogP contribution in [0.3, 0.4) is 0 Å². The maximum absolute atomic E-state index is 12.1. The Morgan fingerprint density at radius 3 is 3.22 bits per heavy atom. The van der Waals surface area contributed by atoms with Gasteiger partial charge in [0.2, 0.25) is 5.91 Å². The van der Waals surface area contributed by atoms with Crippen molar-refractivity contribution >= 4 is 17.2 Å². The number of ether oxygens (including phenoxy) is 1. The average molecular weight is 334 g/mol. The highest BCUT2D eigenvalue weighted by atomic mass is 32.1. The molecule has 1 amide bonds. The molecule has 0 saturated carbocycles. The maximum Gasteiger partial charge on any atom is 0.234 e. The zero-order valence-electron chi connectivity index (χ0n) is 13.1. The van der Waals surface area contributed by atoms with Gasteiger partial charge in [0.25, 0.3) is 0 Å². The quantitative estimate of drug-likeness (QED) is 0.821. The normalized spacial score (nSPS) is 18.9. The van der Waals surface area contributed by atoms with Crippen molar-refractivity contribution in [1.82, 2.24) is 20.0 Å². The topological polar surface area (TPSA) is 59.4 Å². The summed E-state index contributed by atoms with van der Waals surface area (Å²) in [6, 6.07) is 6.04. The van der Waals surface area contributed by atoms with Crippen LogP contribution in [0.15, 0.2) is 36.0 Å². The Morgan fingerprint density at radius 2 is 2.43 bits per heavy atom. The second-order valence-electron chi connectivity index (χ2n) is 5.64. The molecule has 2 aromatic heterocycles. The van der Waals surface area contributed by atoms with Crippen molar-refractivity contribution in [2.45, 2.75) is 19.1 Å². The highest BCUT2D eigenvalue weighted by Gasteiger charge is 2.22. The van der Waals surface area contributed by atoms with Crippen LogP contribution in [-0.2, 0) is 22.5 Å². The summed E-state index contributed by atoms with van der Waals surface area (Å²) >= 11 is 1.73. The van der Waals surface area contributed by atoms with Crippen LogP contribution < -0.4 is 5.32 Å². The van der Waals surface area contributed by atoms with E-state index < -0.39 is 0 Å². The molecular weight excluding hydrogens is 312 g/mol. The molecule has 0 spiro atoms. The molecule has 2 aromatic rings. The zero-order chi connectivity index (χ0) is 15.9. The predicted molar refractivity (Wildman–Crippen MR) is 89.4 cm³/mol. The third kappa shape index (κ3) is 5.16. The summed E-state index contributed by atoms with van der Waals surface area (Å²) in [4.78, 5) is 15.5. The summed E-state index contributed by atoms with van der Waals surface area (Å²) in [5.74, 6) is 0.0845. The van der Waals surface area contributed by atoms with Crippen LogP contribution in [0.1, 0.15) is 4.88 Å². The Hall–Kier alpha value is -1.70. The molecule has 0 aliphatic carbocycles. The van der Waals surface area contributed by atoms with E-state index in [4.69, 9.17) is 4.74 Å². The molecule has 1 unspecified atom stereocenters. The second kappa shape index (κ2) is 8.24. The van der Waals surface area contributed by atoms with Gasteiger partial charge >= 0.3 is 0 Å². The molecule has 1 fully saturated rings. The standard InChI is InChI=1S/C16H22N4O2S/c21-16(17-6-4-15-3-1-10-23-15)13-19-8-9-22-14(11-19)12-20-7-2-5-18-20/h1-3,5,7,10,14H,4,6,8-9,11-13H2,(H,17,21). The Bertz CT molecular complexity index is 585. The number of carbonyl (C=O) groups excluding carboxylic acids is 1. The Labute approximate surface area is 140 Å². The number of carbonyl (C=O) groups is 1. The van der Waals surface area contributed by atoms with E-state index in [1.807, 2.05) is 23.0 Å². The Morgan fingerprint density at radius 1 is 1.48 bits per heavy atom. The molecule has 124 valence electrons. The lowest BCUT2D eigenvalue weighted by atomic mass is 10.2. The molecule has 0 aromatic carbocycles. The van der Waals surface area contributed by atoms with Crippen molar-refractivity contribution < 1.29 is 9.53 Å². The van der Waals surface area contributed by atoms with Crippen molar-refractivity contribution in [3.05, 3.63) is 40.8 Å². The van der Waals surface area contributed by atoms with E-state index in [9.17, 15) is 4.79 Å². The molecule has 6 nitrogen and oxygen atoms in total. The molecule has 1 N–H and O–H groups in total. The van der Waals surface area contributed by atoms with Crippen LogP contribution in [0.4, 0.5) is 0 Å². The van der Waals surface area contributed by atoms with E-state index in [1.54, 1.807) is 17.5 Å². The number of nitrogens with one attached hydrogen (secondary N) is 1. The molecule has 3 rings (SSSR count). The van der Waals surface area contributed by atoms with E-state index >= 15 is 0 Å². The summed E-state index contributed by atoms with van der Waals surface area (Å²) in [6.45, 7) is 4.08. The van der Waals surface area contributed by atoms with Crippen molar-refractivity contribution in [3.8, 4) is 0 Å². The Balaban J connectivity index is 1.37. The van der Waals surface area contributed by atoms with Crippen LogP contribution in [-0.4, -0.2) is 59.5 Å². The first-order valence-electron chi connectivity index (χ1n) is 7.90. The Kier molecular flexibility index (Phi) is 5.79. The number of morpholine rings is 1. The van der Waals surface area contributed by atoms with Gasteiger partial charge in [0.1, 0.15) is 0 Å². The number of hydrogen-bond donors (Lipinski definition) is 1. The lowest BCUT2D eigenvalue weighted by Gasteiger charge is -2.32. The second-order valence-corrected chi connectivity index (χ2v) is 6.67. The predicted octanol–water partition coefficient (Wildman–Crippen LogP) is 1.00. The van der Waals surface area contributed by atoms with E-state index in [2.05, 4.69) is 26.8 Å². The van der Waals surface area contributed by atoms with Gasteiger partial charge < -0.3 is 10.1 Å². The van der Waals surface area contributed by atoms with Gasteiger partial charge in [-0.3, -0.25) is 14.4 Å². The van der Waals surface area contributed by atoms with Gasteiger partial charge in [-0.25, -0.2) is 0 Å². The summed E-state index contributed by atoms with van der Waals surface area (Å²) in [6.07, 6.45) is 4.68. The van der Waals surface area contributed by atoms with Crippen LogP contribution in [0.2, 0.25) is 0 Å². The van der Waals surface area contributed by atoms with E-state index in [0.29, 0.717) is 19.7 Å². The molecule has 1 aliphatic heterocycles. The van der Waals surface area contributed by atoms with Crippen LogP contribution in [0, 0.1) is 0 Å². The van der Waals surface area contributed by atoms with E-state index in [-0.39, 0.29) is 12.0 Å². The number of hydrogen-bond acceptors (Lipinski definition) is 5. The van der Waals surface area contributed by atoms with Gasteiger partial charge in [0.05, 0.1) is 25.8 Å². The number of amides is 1. The minimum absolute atomic E-state index is 0.0845. The fourth-order valence-electron chi connectivity index (χ4n) is 2.69. The lowest BCUT2D eigenvalue weighted by molar-refractivity contribution is -0.124. The van der Waals surface area contributed by atoms with Gasteiger partial charge in [-0.1, -0.05) is 6.07 Å². The highest BCUT2D eigenvalue weighted by Crippen LogP contribution is 2.09. The molecule has 0 bridgehead atoms. The van der Waals surface area contributed by atoms with Crippen LogP contribution >= 0.6 is 11.3 Å². The first-order valence-corrected chi connectivity index (χ1v) is 8.78. The molecule has 7 heteroatoms. The summed E-state index contributed by atoms with van der Waals surface area (Å²) in [5.41, 5.74) is 0. The summed E-state index contributed by atoms with van der Waals surface area (Å²) in [5, 5.41) is 9.26. The number of thiophene rings is 1. The first kappa shape index (κ1) is 16.2. The summed E-state index contributed by atoms with van der Waals surface area (Å²) < 4.78 is 7.63. The molecule has 1 atom stereocenters. The molecule has 1 saturated heterocycles. The van der Waals surface area contributed by atoms with Crippen molar-refractivity contribution in [3.63, 3.8) is 0 Å². The molecule has 0 radical (unpaired) electrons. The minimum Gasteiger partial charge on any atom is -0.374 e. The number of rotatable bonds is 7. The van der Waals surface area contributed by atoms with Crippen molar-refractivity contribution in [2.24, 2.45) is 0 Å². The number of aromatic nitrogens is 2. The smallest absolute Gasteiger partial charge is 0.234 e. The van der Waals surface area contributed by atoms with Gasteiger partial charge in [-0.2, -0.15) is 5.10 Å². The van der Waals surface area contributed by atoms with Gasteiger partial charge in [0.15, 0.2) is 0 Å². The molecular formula is C16H22N4O2S. The highest BCUT2D eigenvalue weighted by molar-refractivity contribution is 7.09. The van der Waals surface area contributed by atoms with Gasteiger partial charge in [-0.05, 0) is 23.9 Å². The monoisotopic (exact) mass is 334 g/mol. The third-order valence-corrected chi connectivity index (χ3v) is 4.75. The fourth-order valence-corrected chi connectivity index (χ4v) is 3.40. The van der Waals surface area contributed by atoms with Crippen LogP contribution in [0.5, 0.6) is 0 Å². The van der Waals surface area contributed by atoms with E-state index in [0.717, 1.165) is 26.1 Å². The average Bonchev–Trinajstić information content (AvgIpc) is 3.21. The lowest BCUT2D eigenvalue weighted by Crippen LogP contribution is -2.48. The molecule has 23 heavy (non-hydrogen) atoms. The minimum atomic E-state index is 0.0845. The van der Waals surface area contributed by atoms with Crippen molar-refractivity contribution in [2.75, 3.05) is 32.8 Å². The van der Waals surface area contributed by atoms with Gasteiger partial charge in [0, 0.05) is 36.9 Å². The molecule has 1 aliphatic rings. The largest absolute Gasteiger partial charge is 0.374 e. The fraction of sp³-hybridized carbons (Fsp3) is 0.500. The van der Waals surface area contributed by atoms with E-state index in [1.165, 1.54) is 4.88 Å². The maximum atomic E-state index is 12.1. The zero-order valence-corrected chi connectivity index (χ0v) is 13.9. The van der Waals surface area contributed by atoms with Gasteiger partial charge in [-0.15, -0.1) is 11.3 Å². The van der Waals surface area contributed by atoms with Crippen molar-refractivity contribution in [1.29, 1.82) is 0 Å². The summed E-state index contributed by atoms with van der Waals surface area (Å²) in [7, 11) is 0. The SMILES string of the molecule is O=C(CN1CCOC(Cn2cccn2)C1)NCCc1cccs1. The van der Waals surface area contributed by atoms with Crippen LogP contribution in [0.25, 0.3) is 0 Å². The molecule has 3 heterocycles. The number of nitrogens with zero attached hydrogens (tertiary/aromatic N) is 3. The first-order chi connectivity index (χ1) is 11.3.